The van der Waals surface area contributed by atoms with Gasteiger partial charge in [-0.2, -0.15) is 8.42 Å². The Kier molecular flexibility index (Phi) is 5.10. The molecule has 0 bridgehead atoms. The summed E-state index contributed by atoms with van der Waals surface area (Å²) in [6, 6.07) is 19.4. The third-order valence-electron chi connectivity index (χ3n) is 4.89. The Morgan fingerprint density at radius 2 is 1.70 bits per heavy atom. The first-order valence-corrected chi connectivity index (χ1v) is 11.8. The first-order valence-electron chi connectivity index (χ1n) is 9.61. The lowest BCUT2D eigenvalue weighted by atomic mass is 10.1. The molecule has 5 aromatic rings. The Morgan fingerprint density at radius 1 is 0.939 bits per heavy atom. The van der Waals surface area contributed by atoms with Crippen LogP contribution in [0.4, 0.5) is 5.82 Å². The number of para-hydroxylation sites is 1. The van der Waals surface area contributed by atoms with Gasteiger partial charge in [0.25, 0.3) is 0 Å². The Bertz CT molecular complexity index is 1700. The molecule has 5 rings (SSSR count). The van der Waals surface area contributed by atoms with Gasteiger partial charge in [0.15, 0.2) is 5.82 Å². The van der Waals surface area contributed by atoms with Crippen molar-refractivity contribution in [3.63, 3.8) is 0 Å². The predicted molar refractivity (Wildman–Crippen MR) is 127 cm³/mol. The zero-order valence-corrected chi connectivity index (χ0v) is 19.1. The zero-order valence-electron chi connectivity index (χ0n) is 16.7. The second-order valence-corrected chi connectivity index (χ2v) is 9.52. The fourth-order valence-corrected chi connectivity index (χ4v) is 4.56. The van der Waals surface area contributed by atoms with E-state index < -0.39 is 15.7 Å². The smallest absolute Gasteiger partial charge is 0.349 e. The topological polar surface area (TPSA) is 125 Å². The first-order chi connectivity index (χ1) is 15.8. The minimum Gasteiger partial charge on any atom is -0.422 e. The van der Waals surface area contributed by atoms with Gasteiger partial charge in [-0.1, -0.05) is 40.2 Å². The van der Waals surface area contributed by atoms with Crippen LogP contribution in [0.2, 0.25) is 0 Å². The first kappa shape index (κ1) is 21.1. The molecular weight excluding hydrogens is 510 g/mol. The van der Waals surface area contributed by atoms with Gasteiger partial charge < -0.3 is 14.3 Å². The Labute approximate surface area is 195 Å². The van der Waals surface area contributed by atoms with E-state index in [2.05, 4.69) is 25.9 Å². The molecule has 0 spiro atoms. The molecule has 0 aliphatic rings. The number of anilines is 1. The summed E-state index contributed by atoms with van der Waals surface area (Å²) in [6.07, 6.45) is 0. The predicted octanol–water partition coefficient (Wildman–Crippen LogP) is 4.52. The van der Waals surface area contributed by atoms with Crippen molar-refractivity contribution in [3.8, 4) is 17.1 Å². The van der Waals surface area contributed by atoms with E-state index in [-0.39, 0.29) is 27.7 Å². The number of fused-ring (bicyclic) bond motifs is 3. The van der Waals surface area contributed by atoms with Crippen molar-refractivity contribution in [2.45, 2.75) is 4.90 Å². The zero-order chi connectivity index (χ0) is 23.2. The standard InChI is InChI=1S/C23H14BrN3O5S/c24-14-8-10-16(11-9-14)33(29,30)32-15-5-3-4-13(12-15)22-26-20-17-6-1-2-7-18(17)31-23(28)19(20)21(25)27-22/h1-12H,(H2,25,26,27). The van der Waals surface area contributed by atoms with E-state index in [1.54, 1.807) is 48.5 Å². The number of rotatable bonds is 4. The average molecular weight is 524 g/mol. The maximum atomic E-state index is 12.6. The molecule has 8 nitrogen and oxygen atoms in total. The fraction of sp³-hybridized carbons (Fsp3) is 0. The van der Waals surface area contributed by atoms with Crippen LogP contribution < -0.4 is 15.5 Å². The molecule has 0 saturated carbocycles. The lowest BCUT2D eigenvalue weighted by Crippen LogP contribution is -2.10. The van der Waals surface area contributed by atoms with Gasteiger partial charge in [-0.05, 0) is 48.5 Å². The van der Waals surface area contributed by atoms with Crippen molar-refractivity contribution < 1.29 is 17.0 Å². The third-order valence-corrected chi connectivity index (χ3v) is 6.68. The van der Waals surface area contributed by atoms with Gasteiger partial charge in [-0.25, -0.2) is 14.8 Å². The summed E-state index contributed by atoms with van der Waals surface area (Å²) < 4.78 is 36.6. The highest BCUT2D eigenvalue weighted by atomic mass is 79.9. The minimum absolute atomic E-state index is 0.0143. The van der Waals surface area contributed by atoms with Crippen molar-refractivity contribution in [2.24, 2.45) is 0 Å². The van der Waals surface area contributed by atoms with Gasteiger partial charge in [-0.3, -0.25) is 0 Å². The van der Waals surface area contributed by atoms with E-state index >= 15 is 0 Å². The molecule has 0 amide bonds. The molecular formula is C23H14BrN3O5S. The summed E-state index contributed by atoms with van der Waals surface area (Å²) in [5, 5.41) is 0.690. The van der Waals surface area contributed by atoms with Crippen LogP contribution in [0.15, 0.2) is 91.4 Å². The van der Waals surface area contributed by atoms with Gasteiger partial charge in [-0.15, -0.1) is 0 Å². The summed E-state index contributed by atoms with van der Waals surface area (Å²) in [7, 11) is -4.05. The summed E-state index contributed by atoms with van der Waals surface area (Å²) in [6.45, 7) is 0. The van der Waals surface area contributed by atoms with E-state index in [1.807, 2.05) is 0 Å². The van der Waals surface area contributed by atoms with Crippen LogP contribution in [-0.2, 0) is 10.1 Å². The number of nitrogens with two attached hydrogens (primary N) is 1. The number of aromatic nitrogens is 2. The lowest BCUT2D eigenvalue weighted by molar-refractivity contribution is 0.486. The van der Waals surface area contributed by atoms with Crippen LogP contribution in [0.3, 0.4) is 0 Å². The van der Waals surface area contributed by atoms with Crippen molar-refractivity contribution in [1.82, 2.24) is 9.97 Å². The molecule has 10 heteroatoms. The van der Waals surface area contributed by atoms with Crippen molar-refractivity contribution in [1.29, 1.82) is 0 Å². The number of nitrogen functional groups attached to an aromatic ring is 1. The summed E-state index contributed by atoms with van der Waals surface area (Å²) in [5.41, 5.74) is 6.62. The van der Waals surface area contributed by atoms with E-state index in [0.717, 1.165) is 4.47 Å². The molecule has 0 radical (unpaired) electrons. The Morgan fingerprint density at radius 3 is 2.48 bits per heavy atom. The van der Waals surface area contributed by atoms with Crippen molar-refractivity contribution >= 4 is 53.7 Å². The largest absolute Gasteiger partial charge is 0.422 e. The van der Waals surface area contributed by atoms with Crippen LogP contribution in [0.5, 0.6) is 5.75 Å². The Hall–Kier alpha value is -3.76. The highest BCUT2D eigenvalue weighted by Gasteiger charge is 2.19. The summed E-state index contributed by atoms with van der Waals surface area (Å²) in [5.74, 6) is 0.251. The van der Waals surface area contributed by atoms with Gasteiger partial charge in [0.1, 0.15) is 27.4 Å². The third kappa shape index (κ3) is 3.94. The van der Waals surface area contributed by atoms with E-state index in [4.69, 9.17) is 14.3 Å². The SMILES string of the molecule is Nc1nc(-c2cccc(OS(=O)(=O)c3ccc(Br)cc3)c2)nc2c1c(=O)oc1ccccc12. The minimum atomic E-state index is -4.05. The van der Waals surface area contributed by atoms with Crippen LogP contribution in [0.1, 0.15) is 0 Å². The molecule has 0 atom stereocenters. The molecule has 0 fully saturated rings. The van der Waals surface area contributed by atoms with Crippen molar-refractivity contribution in [2.75, 3.05) is 5.73 Å². The van der Waals surface area contributed by atoms with Crippen molar-refractivity contribution in [3.05, 3.63) is 87.7 Å². The van der Waals surface area contributed by atoms with Crippen LogP contribution >= 0.6 is 15.9 Å². The van der Waals surface area contributed by atoms with Crippen LogP contribution in [-0.4, -0.2) is 18.4 Å². The van der Waals surface area contributed by atoms with Crippen LogP contribution in [0.25, 0.3) is 33.3 Å². The van der Waals surface area contributed by atoms with E-state index in [9.17, 15) is 13.2 Å². The van der Waals surface area contributed by atoms with Gasteiger partial charge in [0, 0.05) is 15.4 Å². The van der Waals surface area contributed by atoms with Gasteiger partial charge in [0.2, 0.25) is 0 Å². The number of nitrogens with zero attached hydrogens (tertiary/aromatic N) is 2. The molecule has 0 unspecified atom stereocenters. The molecule has 0 saturated heterocycles. The molecule has 3 aromatic carbocycles. The lowest BCUT2D eigenvalue weighted by Gasteiger charge is -2.10. The maximum Gasteiger partial charge on any atom is 0.349 e. The highest BCUT2D eigenvalue weighted by molar-refractivity contribution is 9.10. The average Bonchev–Trinajstić information content (AvgIpc) is 2.79. The molecule has 0 aliphatic carbocycles. The second-order valence-electron chi connectivity index (χ2n) is 7.06. The van der Waals surface area contributed by atoms with E-state index in [1.165, 1.54) is 24.3 Å². The molecule has 0 aliphatic heterocycles. The van der Waals surface area contributed by atoms with Gasteiger partial charge >= 0.3 is 15.7 Å². The Balaban J connectivity index is 1.60. The molecule has 2 heterocycles. The number of hydrogen-bond acceptors (Lipinski definition) is 8. The molecule has 2 aromatic heterocycles. The maximum absolute atomic E-state index is 12.6. The summed E-state index contributed by atoms with van der Waals surface area (Å²) in [4.78, 5) is 21.2. The molecule has 2 N–H and O–H groups in total. The number of benzene rings is 3. The quantitative estimate of drug-likeness (QED) is 0.207. The van der Waals surface area contributed by atoms with Gasteiger partial charge in [0.05, 0.1) is 5.52 Å². The number of hydrogen-bond donors (Lipinski definition) is 1. The van der Waals surface area contributed by atoms with Crippen LogP contribution in [0, 0.1) is 0 Å². The molecule has 164 valence electrons. The monoisotopic (exact) mass is 523 g/mol. The fourth-order valence-electron chi connectivity index (χ4n) is 3.37. The molecule has 33 heavy (non-hydrogen) atoms. The number of halogens is 1. The summed E-state index contributed by atoms with van der Waals surface area (Å²) >= 11 is 3.27. The normalized spacial score (nSPS) is 11.7. The second kappa shape index (κ2) is 7.98. The highest BCUT2D eigenvalue weighted by Crippen LogP contribution is 2.29. The van der Waals surface area contributed by atoms with E-state index in [0.29, 0.717) is 22.0 Å².